The number of carbonyl (C=O) groups excluding carboxylic acids is 2. The van der Waals surface area contributed by atoms with Gasteiger partial charge in [0.05, 0.1) is 12.0 Å². The number of aryl methyl sites for hydroxylation is 1. The number of fused-ring (bicyclic) bond motifs is 3. The van der Waals surface area contributed by atoms with E-state index in [1.807, 2.05) is 71.6 Å². The Kier molecular flexibility index (Phi) is 7.42. The van der Waals surface area contributed by atoms with Gasteiger partial charge in [0, 0.05) is 47.0 Å². The Morgan fingerprint density at radius 1 is 0.750 bits per heavy atom. The Bertz CT molecular complexity index is 2160. The van der Waals surface area contributed by atoms with Crippen LogP contribution < -0.4 is 10.6 Å². The molecule has 0 bridgehead atoms. The van der Waals surface area contributed by atoms with Crippen molar-refractivity contribution in [3.05, 3.63) is 180 Å². The number of carbonyl (C=O) groups is 2. The lowest BCUT2D eigenvalue weighted by molar-refractivity contribution is 0.0950. The van der Waals surface area contributed by atoms with Crippen molar-refractivity contribution < 1.29 is 9.59 Å². The van der Waals surface area contributed by atoms with Gasteiger partial charge < -0.3 is 19.8 Å². The summed E-state index contributed by atoms with van der Waals surface area (Å²) in [5.74, 6) is -0.299. The molecule has 2 aromatic heterocycles. The van der Waals surface area contributed by atoms with Crippen molar-refractivity contribution in [1.82, 2.24) is 19.4 Å². The largest absolute Gasteiger partial charge is 0.351 e. The minimum absolute atomic E-state index is 0.0810. The van der Waals surface area contributed by atoms with Crippen LogP contribution in [0, 0.1) is 0 Å². The molecule has 2 N–H and O–H groups in total. The molecule has 0 saturated carbocycles. The number of imidazole rings is 1. The maximum Gasteiger partial charge on any atom is 0.267 e. The molecule has 1 aliphatic rings. The second kappa shape index (κ2) is 12.2. The van der Waals surface area contributed by atoms with Gasteiger partial charge in [-0.05, 0) is 53.4 Å². The highest BCUT2D eigenvalue weighted by Gasteiger charge is 2.38. The van der Waals surface area contributed by atoms with Gasteiger partial charge in [-0.15, -0.1) is 0 Å². The third-order valence-corrected chi connectivity index (χ3v) is 9.20. The summed E-state index contributed by atoms with van der Waals surface area (Å²) in [4.78, 5) is 31.0. The van der Waals surface area contributed by atoms with Crippen LogP contribution >= 0.6 is 0 Å². The summed E-state index contributed by atoms with van der Waals surface area (Å²) in [6.07, 6.45) is 4.81. The summed E-state index contributed by atoms with van der Waals surface area (Å²) >= 11 is 0. The quantitative estimate of drug-likeness (QED) is 0.178. The lowest BCUT2D eigenvalue weighted by atomic mass is 9.77. The van der Waals surface area contributed by atoms with Crippen LogP contribution in [-0.4, -0.2) is 32.5 Å². The topological polar surface area (TPSA) is 81.0 Å². The molecule has 1 aliphatic heterocycles. The maximum absolute atomic E-state index is 13.5. The summed E-state index contributed by atoms with van der Waals surface area (Å²) < 4.78 is 4.19. The van der Waals surface area contributed by atoms with Crippen LogP contribution in [0.15, 0.2) is 152 Å². The van der Waals surface area contributed by atoms with Crippen molar-refractivity contribution in [2.45, 2.75) is 18.5 Å². The van der Waals surface area contributed by atoms with E-state index in [-0.39, 0.29) is 11.8 Å². The number of nitrogens with zero attached hydrogens (tertiary/aromatic N) is 3. The Labute approximate surface area is 278 Å². The Morgan fingerprint density at radius 2 is 1.42 bits per heavy atom. The summed E-state index contributed by atoms with van der Waals surface area (Å²) in [6, 6.07) is 46.7. The van der Waals surface area contributed by atoms with E-state index in [4.69, 9.17) is 4.98 Å². The zero-order chi connectivity index (χ0) is 32.5. The third-order valence-electron chi connectivity index (χ3n) is 9.20. The number of hydrogen-bond donors (Lipinski definition) is 2. The van der Waals surface area contributed by atoms with Crippen LogP contribution in [0.1, 0.15) is 44.0 Å². The molecule has 5 aromatic carbocycles. The van der Waals surface area contributed by atoms with E-state index in [1.165, 1.54) is 0 Å². The molecule has 0 fully saturated rings. The number of rotatable bonds is 7. The predicted octanol–water partition coefficient (Wildman–Crippen LogP) is 7.73. The van der Waals surface area contributed by atoms with Gasteiger partial charge in [-0.2, -0.15) is 0 Å². The first kappa shape index (κ1) is 29.2. The molecule has 0 unspecified atom stereocenters. The van der Waals surface area contributed by atoms with Crippen molar-refractivity contribution in [3.63, 3.8) is 0 Å². The molecule has 0 saturated heterocycles. The van der Waals surface area contributed by atoms with E-state index in [2.05, 4.69) is 94.2 Å². The summed E-state index contributed by atoms with van der Waals surface area (Å²) in [5, 5.41) is 6.96. The van der Waals surface area contributed by atoms with Crippen LogP contribution in [0.3, 0.4) is 0 Å². The molecule has 7 nitrogen and oxygen atoms in total. The number of nitrogens with one attached hydrogen (secondary N) is 2. The zero-order valence-corrected chi connectivity index (χ0v) is 26.2. The highest BCUT2D eigenvalue weighted by molar-refractivity contribution is 6.07. The first-order valence-corrected chi connectivity index (χ1v) is 16.2. The minimum Gasteiger partial charge on any atom is -0.351 e. The van der Waals surface area contributed by atoms with Crippen LogP contribution in [0.5, 0.6) is 0 Å². The fourth-order valence-electron chi connectivity index (χ4n) is 6.95. The monoisotopic (exact) mass is 627 g/mol. The summed E-state index contributed by atoms with van der Waals surface area (Å²) in [5.41, 5.74) is 7.05. The molecule has 0 spiro atoms. The highest BCUT2D eigenvalue weighted by Crippen LogP contribution is 2.41. The number of benzene rings is 5. The van der Waals surface area contributed by atoms with Gasteiger partial charge in [0.2, 0.25) is 0 Å². The standard InChI is InChI=1S/C41H33N5O2/c47-39(31-21-20-30-25-38-40(48)42-22-11-23-46(38)37(30)26-31)44-35-19-10-12-29(24-35)36-27-45(28-43-36)41(32-13-4-1-5-14-32,33-15-6-2-7-16-33)34-17-8-3-9-18-34/h1-10,12-21,24-28H,11,22-23H2,(H,42,48)(H,44,47). The van der Waals surface area contributed by atoms with Crippen LogP contribution in [0.25, 0.3) is 22.2 Å². The van der Waals surface area contributed by atoms with Gasteiger partial charge in [-0.3, -0.25) is 9.59 Å². The molecule has 2 amide bonds. The van der Waals surface area contributed by atoms with Gasteiger partial charge in [0.1, 0.15) is 11.2 Å². The van der Waals surface area contributed by atoms with Gasteiger partial charge in [-0.25, -0.2) is 4.98 Å². The van der Waals surface area contributed by atoms with Crippen LogP contribution in [-0.2, 0) is 12.1 Å². The van der Waals surface area contributed by atoms with Crippen molar-refractivity contribution in [2.24, 2.45) is 0 Å². The van der Waals surface area contributed by atoms with Crippen molar-refractivity contribution in [2.75, 3.05) is 11.9 Å². The molecule has 7 aromatic rings. The summed E-state index contributed by atoms with van der Waals surface area (Å²) in [7, 11) is 0. The first-order valence-electron chi connectivity index (χ1n) is 16.2. The fraction of sp³-hybridized carbons (Fsp3) is 0.0976. The van der Waals surface area contributed by atoms with E-state index in [0.717, 1.165) is 51.8 Å². The van der Waals surface area contributed by atoms with Gasteiger partial charge in [0.25, 0.3) is 11.8 Å². The normalized spacial score (nSPS) is 13.0. The number of anilines is 1. The molecule has 48 heavy (non-hydrogen) atoms. The molecule has 7 heteroatoms. The minimum atomic E-state index is -0.669. The smallest absolute Gasteiger partial charge is 0.267 e. The Morgan fingerprint density at radius 3 is 2.08 bits per heavy atom. The SMILES string of the molecule is O=C(Nc1cccc(-c2cn(C(c3ccccc3)(c3ccccc3)c3ccccc3)cn2)c1)c1ccc2cc3n(c2c1)CCCNC3=O. The second-order valence-corrected chi connectivity index (χ2v) is 12.1. The fourth-order valence-corrected chi connectivity index (χ4v) is 6.95. The van der Waals surface area contributed by atoms with E-state index >= 15 is 0 Å². The van der Waals surface area contributed by atoms with Crippen LogP contribution in [0.4, 0.5) is 5.69 Å². The average molecular weight is 628 g/mol. The molecule has 3 heterocycles. The molecule has 234 valence electrons. The van der Waals surface area contributed by atoms with Crippen LogP contribution in [0.2, 0.25) is 0 Å². The molecule has 0 aliphatic carbocycles. The third kappa shape index (κ3) is 5.06. The van der Waals surface area contributed by atoms with E-state index < -0.39 is 5.54 Å². The number of hydrogen-bond acceptors (Lipinski definition) is 3. The van der Waals surface area contributed by atoms with Crippen molar-refractivity contribution in [3.8, 4) is 11.3 Å². The van der Waals surface area contributed by atoms with Crippen molar-refractivity contribution in [1.29, 1.82) is 0 Å². The second-order valence-electron chi connectivity index (χ2n) is 12.1. The molecule has 8 rings (SSSR count). The lowest BCUT2D eigenvalue weighted by Crippen LogP contribution is -2.36. The maximum atomic E-state index is 13.5. The average Bonchev–Trinajstić information content (AvgIpc) is 3.73. The molecule has 0 radical (unpaired) electrons. The van der Waals surface area contributed by atoms with E-state index in [1.54, 1.807) is 6.07 Å². The lowest BCUT2D eigenvalue weighted by Gasteiger charge is -2.37. The number of aromatic nitrogens is 3. The molecular formula is C41H33N5O2. The van der Waals surface area contributed by atoms with Gasteiger partial charge >= 0.3 is 0 Å². The zero-order valence-electron chi connectivity index (χ0n) is 26.2. The number of amides is 2. The van der Waals surface area contributed by atoms with Gasteiger partial charge in [-0.1, -0.05) is 109 Å². The first-order chi connectivity index (χ1) is 23.6. The van der Waals surface area contributed by atoms with Gasteiger partial charge in [0.15, 0.2) is 0 Å². The highest BCUT2D eigenvalue weighted by atomic mass is 16.2. The summed E-state index contributed by atoms with van der Waals surface area (Å²) in [6.45, 7) is 1.36. The molecular weight excluding hydrogens is 594 g/mol. The molecule has 0 atom stereocenters. The van der Waals surface area contributed by atoms with E-state index in [0.29, 0.717) is 23.5 Å². The predicted molar refractivity (Wildman–Crippen MR) is 189 cm³/mol. The van der Waals surface area contributed by atoms with E-state index in [9.17, 15) is 9.59 Å². The van der Waals surface area contributed by atoms with Crippen molar-refractivity contribution >= 4 is 28.4 Å². The Hall–Kier alpha value is -6.21. The Balaban J connectivity index is 1.14.